The summed E-state index contributed by atoms with van der Waals surface area (Å²) in [6, 6.07) is 11.9. The zero-order chi connectivity index (χ0) is 20.5. The molecule has 7 heteroatoms. The Morgan fingerprint density at radius 3 is 2.46 bits per heavy atom. The third kappa shape index (κ3) is 4.39. The zero-order valence-electron chi connectivity index (χ0n) is 16.2. The molecule has 0 atom stereocenters. The first-order valence-electron chi connectivity index (χ1n) is 8.79. The first-order chi connectivity index (χ1) is 13.1. The summed E-state index contributed by atoms with van der Waals surface area (Å²) in [5, 5.41) is 4.21. The molecule has 0 unspecified atom stereocenters. The van der Waals surface area contributed by atoms with Crippen LogP contribution in [0.25, 0.3) is 11.4 Å². The van der Waals surface area contributed by atoms with Crippen LogP contribution in [0.3, 0.4) is 0 Å². The average Bonchev–Trinajstić information content (AvgIpc) is 3.09. The van der Waals surface area contributed by atoms with Gasteiger partial charge in [-0.15, -0.1) is 0 Å². The maximum atomic E-state index is 14.0. The third-order valence-corrected chi connectivity index (χ3v) is 4.59. The molecule has 0 radical (unpaired) electrons. The normalized spacial score (nSPS) is 11.5. The minimum Gasteiger partial charge on any atom is -0.337 e. The maximum absolute atomic E-state index is 14.0. The Kier molecular flexibility index (Phi) is 5.52. The van der Waals surface area contributed by atoms with Crippen molar-refractivity contribution < 1.29 is 13.7 Å². The number of carbonyl (C=O) groups is 1. The van der Waals surface area contributed by atoms with Crippen LogP contribution in [-0.4, -0.2) is 28.0 Å². The van der Waals surface area contributed by atoms with E-state index in [2.05, 4.69) is 30.9 Å². The molecule has 2 aromatic carbocycles. The van der Waals surface area contributed by atoms with E-state index < -0.39 is 11.7 Å². The van der Waals surface area contributed by atoms with Crippen LogP contribution in [0, 0.1) is 5.82 Å². The summed E-state index contributed by atoms with van der Waals surface area (Å²) < 4.78 is 19.2. The summed E-state index contributed by atoms with van der Waals surface area (Å²) in [5.74, 6) is -0.466. The van der Waals surface area contributed by atoms with Gasteiger partial charge in [-0.1, -0.05) is 61.8 Å². The molecule has 0 saturated heterocycles. The van der Waals surface area contributed by atoms with Crippen LogP contribution in [0.5, 0.6) is 0 Å². The summed E-state index contributed by atoms with van der Waals surface area (Å²) in [6.45, 7) is 6.49. The highest BCUT2D eigenvalue weighted by atomic mass is 35.5. The second kappa shape index (κ2) is 7.72. The highest BCUT2D eigenvalue weighted by Crippen LogP contribution is 2.25. The molecule has 1 heterocycles. The molecule has 146 valence electrons. The summed E-state index contributed by atoms with van der Waals surface area (Å²) in [5.41, 5.74) is 2.02. The molecule has 1 aromatic heterocycles. The van der Waals surface area contributed by atoms with Crippen LogP contribution in [0.1, 0.15) is 42.6 Å². The maximum Gasteiger partial charge on any atom is 0.257 e. The Hall–Kier alpha value is -2.73. The van der Waals surface area contributed by atoms with E-state index in [0.29, 0.717) is 5.82 Å². The fourth-order valence-electron chi connectivity index (χ4n) is 2.70. The molecule has 0 fully saturated rings. The predicted molar refractivity (Wildman–Crippen MR) is 106 cm³/mol. The van der Waals surface area contributed by atoms with E-state index in [1.54, 1.807) is 7.05 Å². The Balaban J connectivity index is 1.72. The van der Waals surface area contributed by atoms with Crippen LogP contribution >= 0.6 is 11.6 Å². The number of halogens is 2. The lowest BCUT2D eigenvalue weighted by Crippen LogP contribution is -2.27. The van der Waals surface area contributed by atoms with Gasteiger partial charge in [0.25, 0.3) is 5.91 Å². The van der Waals surface area contributed by atoms with Gasteiger partial charge in [-0.2, -0.15) is 4.98 Å². The molecule has 3 aromatic rings. The highest BCUT2D eigenvalue weighted by Gasteiger charge is 2.20. The highest BCUT2D eigenvalue weighted by molar-refractivity contribution is 6.30. The van der Waals surface area contributed by atoms with Crippen molar-refractivity contribution in [1.82, 2.24) is 15.0 Å². The van der Waals surface area contributed by atoms with Crippen LogP contribution in [0.15, 0.2) is 47.0 Å². The standard InChI is InChI=1S/C21H21ClFN3O2/c1-21(2,3)14-7-5-13(6-8-14)19-24-18(28-25-19)12-26(4)20(27)16-10-9-15(22)11-17(16)23/h5-11H,12H2,1-4H3. The minimum atomic E-state index is -0.672. The lowest BCUT2D eigenvalue weighted by atomic mass is 9.87. The number of hydrogen-bond donors (Lipinski definition) is 0. The summed E-state index contributed by atoms with van der Waals surface area (Å²) in [7, 11) is 1.54. The van der Waals surface area contributed by atoms with Crippen LogP contribution < -0.4 is 0 Å². The molecular formula is C21H21ClFN3O2. The first-order valence-corrected chi connectivity index (χ1v) is 9.17. The van der Waals surface area contributed by atoms with Crippen molar-refractivity contribution >= 4 is 17.5 Å². The van der Waals surface area contributed by atoms with Gasteiger partial charge in [0, 0.05) is 17.6 Å². The van der Waals surface area contributed by atoms with Gasteiger partial charge in [0.2, 0.25) is 11.7 Å². The SMILES string of the molecule is CN(Cc1nc(-c2ccc(C(C)(C)C)cc2)no1)C(=O)c1ccc(Cl)cc1F. The second-order valence-corrected chi connectivity index (χ2v) is 8.06. The number of rotatable bonds is 4. The quantitative estimate of drug-likeness (QED) is 0.610. The van der Waals surface area contributed by atoms with Gasteiger partial charge < -0.3 is 9.42 Å². The molecule has 0 bridgehead atoms. The van der Waals surface area contributed by atoms with E-state index in [4.69, 9.17) is 16.1 Å². The summed E-state index contributed by atoms with van der Waals surface area (Å²) in [4.78, 5) is 18.1. The van der Waals surface area contributed by atoms with E-state index in [1.807, 2.05) is 24.3 Å². The average molecular weight is 402 g/mol. The summed E-state index contributed by atoms with van der Waals surface area (Å²) in [6.07, 6.45) is 0. The van der Waals surface area contributed by atoms with Gasteiger partial charge >= 0.3 is 0 Å². The molecule has 3 rings (SSSR count). The van der Waals surface area contributed by atoms with Crippen molar-refractivity contribution in [2.24, 2.45) is 0 Å². The van der Waals surface area contributed by atoms with Crippen molar-refractivity contribution in [2.45, 2.75) is 32.7 Å². The molecule has 5 nitrogen and oxygen atoms in total. The van der Waals surface area contributed by atoms with Gasteiger partial charge in [-0.25, -0.2) is 4.39 Å². The summed E-state index contributed by atoms with van der Waals surface area (Å²) >= 11 is 5.73. The van der Waals surface area contributed by atoms with Gasteiger partial charge in [0.05, 0.1) is 12.1 Å². The number of hydrogen-bond acceptors (Lipinski definition) is 4. The molecule has 1 amide bonds. The lowest BCUT2D eigenvalue weighted by Gasteiger charge is -2.18. The lowest BCUT2D eigenvalue weighted by molar-refractivity contribution is 0.0765. The van der Waals surface area contributed by atoms with Crippen molar-refractivity contribution in [1.29, 1.82) is 0 Å². The monoisotopic (exact) mass is 401 g/mol. The van der Waals surface area contributed by atoms with E-state index in [1.165, 1.54) is 22.6 Å². The fourth-order valence-corrected chi connectivity index (χ4v) is 2.86. The fraction of sp³-hybridized carbons (Fsp3) is 0.286. The second-order valence-electron chi connectivity index (χ2n) is 7.62. The minimum absolute atomic E-state index is 0.0565. The molecule has 0 N–H and O–H groups in total. The number of aromatic nitrogens is 2. The smallest absolute Gasteiger partial charge is 0.257 e. The van der Waals surface area contributed by atoms with E-state index in [9.17, 15) is 9.18 Å². The van der Waals surface area contributed by atoms with Crippen molar-refractivity contribution in [3.63, 3.8) is 0 Å². The molecule has 0 aliphatic heterocycles. The molecule has 0 aliphatic rings. The first kappa shape index (κ1) is 20.0. The number of amides is 1. The Morgan fingerprint density at radius 2 is 1.86 bits per heavy atom. The van der Waals surface area contributed by atoms with Gasteiger partial charge in [0.15, 0.2) is 0 Å². The predicted octanol–water partition coefficient (Wildman–Crippen LogP) is 5.10. The van der Waals surface area contributed by atoms with Gasteiger partial charge in [0.1, 0.15) is 5.82 Å². The van der Waals surface area contributed by atoms with Crippen molar-refractivity contribution in [3.05, 3.63) is 70.3 Å². The van der Waals surface area contributed by atoms with Crippen molar-refractivity contribution in [3.8, 4) is 11.4 Å². The molecule has 0 saturated carbocycles. The van der Waals surface area contributed by atoms with E-state index in [-0.39, 0.29) is 28.4 Å². The van der Waals surface area contributed by atoms with E-state index in [0.717, 1.165) is 11.6 Å². The molecule has 0 spiro atoms. The van der Waals surface area contributed by atoms with Gasteiger partial charge in [-0.05, 0) is 29.2 Å². The number of benzene rings is 2. The Bertz CT molecular complexity index is 994. The number of carbonyl (C=O) groups excluding carboxylic acids is 1. The zero-order valence-corrected chi connectivity index (χ0v) is 16.9. The topological polar surface area (TPSA) is 59.2 Å². The Labute approximate surface area is 168 Å². The molecule has 28 heavy (non-hydrogen) atoms. The molecular weight excluding hydrogens is 381 g/mol. The van der Waals surface area contributed by atoms with Crippen LogP contribution in [0.2, 0.25) is 5.02 Å². The largest absolute Gasteiger partial charge is 0.337 e. The van der Waals surface area contributed by atoms with Gasteiger partial charge in [-0.3, -0.25) is 4.79 Å². The number of nitrogens with zero attached hydrogens (tertiary/aromatic N) is 3. The third-order valence-electron chi connectivity index (χ3n) is 4.36. The van der Waals surface area contributed by atoms with Crippen LogP contribution in [-0.2, 0) is 12.0 Å². The molecule has 0 aliphatic carbocycles. The van der Waals surface area contributed by atoms with Crippen molar-refractivity contribution in [2.75, 3.05) is 7.05 Å². The Morgan fingerprint density at radius 1 is 1.18 bits per heavy atom. The van der Waals surface area contributed by atoms with Crippen LogP contribution in [0.4, 0.5) is 4.39 Å². The van der Waals surface area contributed by atoms with E-state index >= 15 is 0 Å².